The Morgan fingerprint density at radius 1 is 1.25 bits per heavy atom. The third-order valence-electron chi connectivity index (χ3n) is 7.99. The number of fused-ring (bicyclic) bond motifs is 2. The Morgan fingerprint density at radius 2 is 2.16 bits per heavy atom. The van der Waals surface area contributed by atoms with Crippen molar-refractivity contribution in [3.8, 4) is 0 Å². The fourth-order valence-corrected chi connectivity index (χ4v) is 5.70. The van der Waals surface area contributed by atoms with Gasteiger partial charge in [0.2, 0.25) is 5.91 Å². The van der Waals surface area contributed by atoms with Crippen LogP contribution in [0.1, 0.15) is 50.3 Å². The van der Waals surface area contributed by atoms with Crippen LogP contribution < -0.4 is 5.32 Å². The van der Waals surface area contributed by atoms with Crippen LogP contribution in [0.15, 0.2) is 36.2 Å². The number of aryl methyl sites for hydroxylation is 1. The molecule has 7 nitrogen and oxygen atoms in total. The smallest absolute Gasteiger partial charge is 0.220 e. The molecule has 0 radical (unpaired) electrons. The van der Waals surface area contributed by atoms with Crippen LogP contribution >= 0.6 is 0 Å². The number of nitrogens with one attached hydrogen (secondary N) is 1. The minimum atomic E-state index is 0.0344. The maximum absolute atomic E-state index is 12.3. The summed E-state index contributed by atoms with van der Waals surface area (Å²) < 4.78 is 2.21. The van der Waals surface area contributed by atoms with E-state index in [2.05, 4.69) is 49.9 Å². The molecular formula is C25H34N6O. The van der Waals surface area contributed by atoms with Gasteiger partial charge in [-0.3, -0.25) is 14.7 Å². The zero-order valence-electron chi connectivity index (χ0n) is 19.3. The Kier molecular flexibility index (Phi) is 5.84. The number of hydrogen-bond acceptors (Lipinski definition) is 5. The van der Waals surface area contributed by atoms with Crippen LogP contribution in [-0.2, 0) is 30.7 Å². The molecule has 170 valence electrons. The van der Waals surface area contributed by atoms with Crippen molar-refractivity contribution in [3.63, 3.8) is 0 Å². The van der Waals surface area contributed by atoms with E-state index in [-0.39, 0.29) is 5.91 Å². The van der Waals surface area contributed by atoms with E-state index >= 15 is 0 Å². The van der Waals surface area contributed by atoms with Crippen molar-refractivity contribution in [2.75, 3.05) is 19.6 Å². The van der Waals surface area contributed by atoms with E-state index in [1.54, 1.807) is 11.8 Å². The molecule has 6 rings (SSSR count). The highest BCUT2D eigenvalue weighted by Crippen LogP contribution is 2.59. The van der Waals surface area contributed by atoms with E-state index < -0.39 is 0 Å². The summed E-state index contributed by atoms with van der Waals surface area (Å²) in [5.41, 5.74) is 3.21. The Hall–Kier alpha value is -2.54. The number of amides is 1. The summed E-state index contributed by atoms with van der Waals surface area (Å²) in [6, 6.07) is 3.90. The second kappa shape index (κ2) is 8.77. The molecule has 1 fully saturated rings. The van der Waals surface area contributed by atoms with Gasteiger partial charge in [-0.2, -0.15) is 0 Å². The lowest BCUT2D eigenvalue weighted by molar-refractivity contribution is -0.121. The van der Waals surface area contributed by atoms with Crippen LogP contribution in [0.25, 0.3) is 0 Å². The average molecular weight is 435 g/mol. The number of carbonyl (C=O) groups excluding carboxylic acids is 1. The van der Waals surface area contributed by atoms with E-state index in [1.807, 2.05) is 18.3 Å². The fraction of sp³-hybridized carbons (Fsp3) is 0.600. The zero-order chi connectivity index (χ0) is 22.1. The predicted molar refractivity (Wildman–Crippen MR) is 123 cm³/mol. The first-order valence-electron chi connectivity index (χ1n) is 12.0. The van der Waals surface area contributed by atoms with Gasteiger partial charge in [0.15, 0.2) is 5.82 Å². The van der Waals surface area contributed by atoms with E-state index in [1.165, 1.54) is 12.8 Å². The van der Waals surface area contributed by atoms with Crippen molar-refractivity contribution in [2.45, 2.75) is 59.0 Å². The van der Waals surface area contributed by atoms with Crippen LogP contribution in [0.5, 0.6) is 0 Å². The van der Waals surface area contributed by atoms with Gasteiger partial charge < -0.3 is 9.88 Å². The van der Waals surface area contributed by atoms with Gasteiger partial charge in [-0.25, -0.2) is 0 Å². The molecule has 2 atom stereocenters. The molecule has 0 saturated heterocycles. The molecule has 3 aliphatic carbocycles. The maximum atomic E-state index is 12.3. The predicted octanol–water partition coefficient (Wildman–Crippen LogP) is 2.77. The summed E-state index contributed by atoms with van der Waals surface area (Å²) in [5.74, 6) is 3.58. The Morgan fingerprint density at radius 3 is 2.94 bits per heavy atom. The van der Waals surface area contributed by atoms with E-state index in [4.69, 9.17) is 0 Å². The van der Waals surface area contributed by atoms with Crippen molar-refractivity contribution < 1.29 is 4.79 Å². The maximum Gasteiger partial charge on any atom is 0.220 e. The van der Waals surface area contributed by atoms with Gasteiger partial charge in [0.05, 0.1) is 6.54 Å². The van der Waals surface area contributed by atoms with Gasteiger partial charge in [0, 0.05) is 51.4 Å². The molecule has 3 heterocycles. The molecular weight excluding hydrogens is 400 g/mol. The molecule has 32 heavy (non-hydrogen) atoms. The normalized spacial score (nSPS) is 24.1. The first kappa shape index (κ1) is 21.3. The third kappa shape index (κ3) is 4.22. The molecule has 1 aliphatic heterocycles. The first-order chi connectivity index (χ1) is 15.5. The van der Waals surface area contributed by atoms with E-state index in [9.17, 15) is 4.79 Å². The first-order valence-corrected chi connectivity index (χ1v) is 12.0. The summed E-state index contributed by atoms with van der Waals surface area (Å²) >= 11 is 0. The van der Waals surface area contributed by atoms with Crippen molar-refractivity contribution in [1.29, 1.82) is 0 Å². The highest BCUT2D eigenvalue weighted by molar-refractivity contribution is 5.76. The standard InChI is InChI=1S/C25H34N6O/c1-25(2)20-7-6-19(21(25)14-20)17-30-11-9-22-28-29-23(31(22)13-12-30)16-27-24(32)8-5-18-4-3-10-26-15-18/h3-4,6,10,15,20-21H,5,7-9,11-14,16-17H2,1-2H3,(H,27,32)/t20-,21-/m0/s1. The number of carbonyl (C=O) groups is 1. The second-order valence-corrected chi connectivity index (χ2v) is 10.2. The molecule has 0 spiro atoms. The van der Waals surface area contributed by atoms with Crippen LogP contribution in [0.4, 0.5) is 0 Å². The lowest BCUT2D eigenvalue weighted by atomic mass is 9.49. The van der Waals surface area contributed by atoms with Gasteiger partial charge >= 0.3 is 0 Å². The average Bonchev–Trinajstić information content (AvgIpc) is 3.09. The van der Waals surface area contributed by atoms with Crippen LogP contribution in [0, 0.1) is 17.3 Å². The number of nitrogens with zero attached hydrogens (tertiary/aromatic N) is 5. The third-order valence-corrected chi connectivity index (χ3v) is 7.99. The van der Waals surface area contributed by atoms with Crippen LogP contribution in [0.3, 0.4) is 0 Å². The SMILES string of the molecule is CC1(C)[C@H]2CC=C(CN3CCc4nnc(CNC(=O)CCc5cccnc5)n4CC3)[C@@H]1C2. The van der Waals surface area contributed by atoms with Crippen molar-refractivity contribution in [1.82, 2.24) is 30.0 Å². The Bertz CT molecular complexity index is 995. The molecule has 1 N–H and O–H groups in total. The summed E-state index contributed by atoms with van der Waals surface area (Å²) in [7, 11) is 0. The molecule has 1 saturated carbocycles. The minimum Gasteiger partial charge on any atom is -0.349 e. The van der Waals surface area contributed by atoms with Gasteiger partial charge in [0.1, 0.15) is 5.82 Å². The number of rotatable bonds is 7. The number of hydrogen-bond donors (Lipinski definition) is 1. The summed E-state index contributed by atoms with van der Waals surface area (Å²) in [5, 5.41) is 11.8. The largest absolute Gasteiger partial charge is 0.349 e. The van der Waals surface area contributed by atoms with Gasteiger partial charge in [-0.15, -0.1) is 10.2 Å². The van der Waals surface area contributed by atoms with Crippen LogP contribution in [0.2, 0.25) is 0 Å². The molecule has 4 aliphatic rings. The van der Waals surface area contributed by atoms with Gasteiger partial charge in [-0.1, -0.05) is 31.6 Å². The monoisotopic (exact) mass is 434 g/mol. The van der Waals surface area contributed by atoms with Crippen LogP contribution in [-0.4, -0.2) is 50.2 Å². The lowest BCUT2D eigenvalue weighted by Gasteiger charge is -2.57. The Labute approximate surface area is 190 Å². The van der Waals surface area contributed by atoms with E-state index in [0.717, 1.165) is 61.6 Å². The molecule has 2 bridgehead atoms. The van der Waals surface area contributed by atoms with Gasteiger partial charge in [0.25, 0.3) is 0 Å². The highest BCUT2D eigenvalue weighted by Gasteiger charge is 2.51. The molecule has 2 aromatic heterocycles. The number of aromatic nitrogens is 4. The van der Waals surface area contributed by atoms with Crippen molar-refractivity contribution in [2.24, 2.45) is 17.3 Å². The van der Waals surface area contributed by atoms with Crippen molar-refractivity contribution >= 4 is 5.91 Å². The molecule has 7 heteroatoms. The number of allylic oxidation sites excluding steroid dienone is 1. The second-order valence-electron chi connectivity index (χ2n) is 10.2. The summed E-state index contributed by atoms with van der Waals surface area (Å²) in [6.45, 7) is 9.30. The molecule has 0 unspecified atom stereocenters. The Balaban J connectivity index is 1.13. The lowest BCUT2D eigenvalue weighted by Crippen LogP contribution is -2.50. The molecule has 2 aromatic rings. The van der Waals surface area contributed by atoms with Gasteiger partial charge in [-0.05, 0) is 48.1 Å². The zero-order valence-corrected chi connectivity index (χ0v) is 19.3. The summed E-state index contributed by atoms with van der Waals surface area (Å²) in [6.07, 6.45) is 10.8. The topological polar surface area (TPSA) is 75.9 Å². The molecule has 1 amide bonds. The quantitative estimate of drug-likeness (QED) is 0.678. The van der Waals surface area contributed by atoms with Crippen molar-refractivity contribution in [3.05, 3.63) is 53.4 Å². The molecule has 0 aromatic carbocycles. The minimum absolute atomic E-state index is 0.0344. The highest BCUT2D eigenvalue weighted by atomic mass is 16.1. The fourth-order valence-electron chi connectivity index (χ4n) is 5.70. The summed E-state index contributed by atoms with van der Waals surface area (Å²) in [4.78, 5) is 19.0. The number of pyridine rings is 1. The van der Waals surface area contributed by atoms with E-state index in [0.29, 0.717) is 24.8 Å².